The minimum absolute atomic E-state index is 0.00713. The molecule has 166 valence electrons. The first-order chi connectivity index (χ1) is 15.2. The van der Waals surface area contributed by atoms with E-state index >= 15 is 0 Å². The van der Waals surface area contributed by atoms with Crippen LogP contribution in [0.3, 0.4) is 0 Å². The number of ether oxygens (including phenoxy) is 1. The van der Waals surface area contributed by atoms with Crippen molar-refractivity contribution in [3.63, 3.8) is 0 Å². The molecule has 1 fully saturated rings. The number of aromatic nitrogens is 2. The van der Waals surface area contributed by atoms with Crippen molar-refractivity contribution >= 4 is 28.5 Å². The third-order valence-electron chi connectivity index (χ3n) is 5.58. The summed E-state index contributed by atoms with van der Waals surface area (Å²) in [5, 5.41) is 2.58. The number of anilines is 1. The van der Waals surface area contributed by atoms with Crippen LogP contribution in [0.2, 0.25) is 0 Å². The molecule has 1 saturated carbocycles. The highest BCUT2D eigenvalue weighted by molar-refractivity contribution is 8.15. The van der Waals surface area contributed by atoms with Crippen molar-refractivity contribution in [3.05, 3.63) is 47.4 Å². The third kappa shape index (κ3) is 3.75. The molecular weight excluding hydrogens is 443 g/mol. The molecule has 4 rings (SSSR count). The van der Waals surface area contributed by atoms with Gasteiger partial charge in [0, 0.05) is 23.2 Å². The summed E-state index contributed by atoms with van der Waals surface area (Å²) in [4.78, 5) is 24.7. The van der Waals surface area contributed by atoms with Crippen LogP contribution in [0.4, 0.5) is 18.9 Å². The van der Waals surface area contributed by atoms with E-state index in [4.69, 9.17) is 16.9 Å². The van der Waals surface area contributed by atoms with Crippen LogP contribution in [0.15, 0.2) is 29.5 Å². The highest BCUT2D eigenvalue weighted by Gasteiger charge is 2.66. The minimum atomic E-state index is -1.27. The van der Waals surface area contributed by atoms with Crippen LogP contribution in [0, 0.1) is 29.9 Å². The summed E-state index contributed by atoms with van der Waals surface area (Å²) in [5.41, 5.74) is 4.40. The Labute approximate surface area is 186 Å². The number of nitrogens with two attached hydrogens (primary N) is 1. The second kappa shape index (κ2) is 8.02. The predicted octanol–water partition coefficient (Wildman–Crippen LogP) is 3.02. The van der Waals surface area contributed by atoms with Crippen molar-refractivity contribution < 1.29 is 22.7 Å². The van der Waals surface area contributed by atoms with Crippen LogP contribution in [-0.4, -0.2) is 39.1 Å². The van der Waals surface area contributed by atoms with E-state index < -0.39 is 34.5 Å². The molecular formula is C21H18F3N5O2S. The average molecular weight is 461 g/mol. The molecule has 7 nitrogen and oxygen atoms in total. The Morgan fingerprint density at radius 1 is 1.41 bits per heavy atom. The Hall–Kier alpha value is -3.26. The number of rotatable bonds is 6. The number of thioether (sulfide) groups is 1. The van der Waals surface area contributed by atoms with Crippen LogP contribution in [0.5, 0.6) is 5.88 Å². The van der Waals surface area contributed by atoms with E-state index in [1.807, 2.05) is 0 Å². The maximum Gasteiger partial charge on any atom is 0.275 e. The maximum atomic E-state index is 14.8. The number of benzene rings is 1. The van der Waals surface area contributed by atoms with E-state index in [0.717, 1.165) is 24.0 Å². The normalized spacial score (nSPS) is 25.8. The van der Waals surface area contributed by atoms with Gasteiger partial charge in [0.2, 0.25) is 5.88 Å². The molecule has 2 heterocycles. The monoisotopic (exact) mass is 461 g/mol. The number of hydrogen-bond acceptors (Lipinski definition) is 7. The van der Waals surface area contributed by atoms with Crippen molar-refractivity contribution in [1.82, 2.24) is 9.97 Å². The standard InChI is InChI=1S/C21H18F3N5O2S/c1-3-4-31-16-9-26-14(8-27-16)18(30)28-11-5-12(17(24)13(23)6-11)20(2)15-7-21(15,10-22)32-19(25)29-20/h1,5-6,8-9,15H,4,7,10H2,2H3,(H2,25,29)(H,28,30)/t15-,20+,21+/m0/s1. The van der Waals surface area contributed by atoms with Crippen molar-refractivity contribution in [3.8, 4) is 18.2 Å². The lowest BCUT2D eigenvalue weighted by atomic mass is 9.85. The SMILES string of the molecule is C#CCOc1cnc(C(=O)Nc2cc(F)c(F)c([C@@]3(C)N=C(N)S[C@@]4(CF)C[C@H]43)c2)cn1. The number of hydrogen-bond donors (Lipinski definition) is 2. The molecule has 0 unspecified atom stereocenters. The van der Waals surface area contributed by atoms with Gasteiger partial charge in [-0.25, -0.2) is 23.1 Å². The van der Waals surface area contributed by atoms with Gasteiger partial charge in [0.25, 0.3) is 5.91 Å². The van der Waals surface area contributed by atoms with Gasteiger partial charge in [-0.2, -0.15) is 0 Å². The van der Waals surface area contributed by atoms with Gasteiger partial charge in [-0.05, 0) is 19.4 Å². The van der Waals surface area contributed by atoms with E-state index in [0.29, 0.717) is 6.42 Å². The van der Waals surface area contributed by atoms with Crippen LogP contribution >= 0.6 is 11.8 Å². The number of amidine groups is 1. The summed E-state index contributed by atoms with van der Waals surface area (Å²) in [7, 11) is 0. The van der Waals surface area contributed by atoms with Gasteiger partial charge < -0.3 is 15.8 Å². The number of nitrogens with one attached hydrogen (secondary N) is 1. The smallest absolute Gasteiger partial charge is 0.275 e. The van der Waals surface area contributed by atoms with Crippen LogP contribution < -0.4 is 15.8 Å². The highest BCUT2D eigenvalue weighted by Crippen LogP contribution is 2.66. The van der Waals surface area contributed by atoms with Crippen LogP contribution in [0.25, 0.3) is 0 Å². The first-order valence-electron chi connectivity index (χ1n) is 9.52. The Balaban J connectivity index is 1.62. The molecule has 0 spiro atoms. The first-order valence-corrected chi connectivity index (χ1v) is 10.3. The summed E-state index contributed by atoms with van der Waals surface area (Å²) >= 11 is 1.12. The van der Waals surface area contributed by atoms with Gasteiger partial charge in [-0.3, -0.25) is 9.79 Å². The molecule has 11 heteroatoms. The number of carbonyl (C=O) groups excluding carboxylic acids is 1. The summed E-state index contributed by atoms with van der Waals surface area (Å²) in [5.74, 6) is -0.958. The highest BCUT2D eigenvalue weighted by atomic mass is 32.2. The third-order valence-corrected chi connectivity index (χ3v) is 6.84. The lowest BCUT2D eigenvalue weighted by molar-refractivity contribution is 0.102. The molecule has 3 N–H and O–H groups in total. The molecule has 1 amide bonds. The number of aliphatic imine (C=N–C) groups is 1. The van der Waals surface area contributed by atoms with Gasteiger partial charge in [0.15, 0.2) is 23.4 Å². The summed E-state index contributed by atoms with van der Waals surface area (Å²) in [6.07, 6.45) is 7.89. The summed E-state index contributed by atoms with van der Waals surface area (Å²) in [6.45, 7) is 0.923. The van der Waals surface area contributed by atoms with E-state index in [-0.39, 0.29) is 40.5 Å². The van der Waals surface area contributed by atoms with Gasteiger partial charge >= 0.3 is 0 Å². The summed E-state index contributed by atoms with van der Waals surface area (Å²) in [6, 6.07) is 2.13. The van der Waals surface area contributed by atoms with Crippen LogP contribution in [0.1, 0.15) is 29.4 Å². The van der Waals surface area contributed by atoms with Crippen molar-refractivity contribution in [2.24, 2.45) is 16.6 Å². The largest absolute Gasteiger partial charge is 0.463 e. The van der Waals surface area contributed by atoms with E-state index in [1.54, 1.807) is 6.92 Å². The van der Waals surface area contributed by atoms with Crippen LogP contribution in [-0.2, 0) is 5.54 Å². The molecule has 0 radical (unpaired) electrons. The van der Waals surface area contributed by atoms with E-state index in [9.17, 15) is 18.0 Å². The molecule has 1 aliphatic heterocycles. The zero-order valence-electron chi connectivity index (χ0n) is 16.9. The fourth-order valence-electron chi connectivity index (χ4n) is 3.92. The quantitative estimate of drug-likeness (QED) is 0.642. The fourth-order valence-corrected chi connectivity index (χ4v) is 5.25. The molecule has 2 aliphatic rings. The van der Waals surface area contributed by atoms with Crippen molar-refractivity contribution in [1.29, 1.82) is 0 Å². The molecule has 0 saturated heterocycles. The lowest BCUT2D eigenvalue weighted by Crippen LogP contribution is -2.37. The van der Waals surface area contributed by atoms with Gasteiger partial charge in [-0.15, -0.1) is 6.42 Å². The van der Waals surface area contributed by atoms with Gasteiger partial charge in [0.05, 0.1) is 22.7 Å². The molecule has 1 aromatic heterocycles. The lowest BCUT2D eigenvalue weighted by Gasteiger charge is -2.33. The number of amides is 1. The number of nitrogens with zero attached hydrogens (tertiary/aromatic N) is 3. The van der Waals surface area contributed by atoms with Crippen molar-refractivity contribution in [2.75, 3.05) is 18.6 Å². The zero-order valence-corrected chi connectivity index (χ0v) is 17.7. The first kappa shape index (κ1) is 22.0. The van der Waals surface area contributed by atoms with Gasteiger partial charge in [0.1, 0.15) is 12.4 Å². The zero-order chi connectivity index (χ0) is 23.1. The number of alkyl halides is 1. The molecule has 1 aromatic carbocycles. The molecule has 0 bridgehead atoms. The van der Waals surface area contributed by atoms with Gasteiger partial charge in [-0.1, -0.05) is 17.7 Å². The Bertz CT molecular complexity index is 1150. The number of terminal acetylenes is 1. The number of fused-ring (bicyclic) bond motifs is 1. The molecule has 32 heavy (non-hydrogen) atoms. The minimum Gasteiger partial charge on any atom is -0.463 e. The molecule has 2 aromatic rings. The number of carbonyl (C=O) groups is 1. The fraction of sp³-hybridized carbons (Fsp3) is 0.333. The Morgan fingerprint density at radius 2 is 2.19 bits per heavy atom. The van der Waals surface area contributed by atoms with E-state index in [2.05, 4.69) is 26.2 Å². The maximum absolute atomic E-state index is 14.8. The topological polar surface area (TPSA) is 102 Å². The molecule has 1 aliphatic carbocycles. The summed E-state index contributed by atoms with van der Waals surface area (Å²) < 4.78 is 47.2. The second-order valence-corrected chi connectivity index (χ2v) is 9.10. The van der Waals surface area contributed by atoms with Crippen molar-refractivity contribution in [2.45, 2.75) is 23.6 Å². The Kier molecular flexibility index (Phi) is 5.50. The molecule has 3 atom stereocenters. The average Bonchev–Trinajstić information content (AvgIpc) is 3.50. The predicted molar refractivity (Wildman–Crippen MR) is 114 cm³/mol. The number of halogens is 3. The van der Waals surface area contributed by atoms with E-state index in [1.165, 1.54) is 12.3 Å². The Morgan fingerprint density at radius 3 is 2.84 bits per heavy atom. The second-order valence-electron chi connectivity index (χ2n) is 7.66.